The smallest absolute Gasteiger partial charge is 0.197 e. The fourth-order valence-electron chi connectivity index (χ4n) is 23.4. The number of hydrogen-bond donors (Lipinski definition) is 0. The van der Waals surface area contributed by atoms with Crippen molar-refractivity contribution >= 4 is 250 Å². The van der Waals surface area contributed by atoms with Gasteiger partial charge >= 0.3 is 0 Å². The second kappa shape index (κ2) is 30.1. The zero-order chi connectivity index (χ0) is 93.7. The van der Waals surface area contributed by atoms with E-state index in [2.05, 4.69) is 349 Å². The zero-order valence-corrected chi connectivity index (χ0v) is 77.7. The largest absolute Gasteiger partial charge is 0.456 e. The molecule has 0 atom stereocenters. The van der Waals surface area contributed by atoms with Crippen LogP contribution in [0.1, 0.15) is 25.0 Å². The van der Waals surface area contributed by atoms with Crippen LogP contribution in [-0.4, -0.2) is 43.6 Å². The fraction of sp³-hybridized carbons (Fsp3) is 0.0233. The second-order valence-electron chi connectivity index (χ2n) is 38.2. The third kappa shape index (κ3) is 11.8. The van der Waals surface area contributed by atoms with Crippen molar-refractivity contribution in [3.8, 4) is 62.9 Å². The first-order chi connectivity index (χ1) is 70.6. The summed E-state index contributed by atoms with van der Waals surface area (Å²) in [6.07, 6.45) is 0. The van der Waals surface area contributed by atoms with Crippen molar-refractivity contribution in [2.45, 2.75) is 19.3 Å². The highest BCUT2D eigenvalue weighted by Gasteiger charge is 2.42. The minimum atomic E-state index is -0.329. The number of nitrogens with zero attached hydrogens (tertiary/aromatic N) is 9. The Morgan fingerprint density at radius 1 is 0.224 bits per heavy atom. The normalized spacial score (nSPS) is 12.7. The Morgan fingerprint density at radius 2 is 0.559 bits per heavy atom. The van der Waals surface area contributed by atoms with Gasteiger partial charge in [0, 0.05) is 113 Å². The molecule has 0 amide bonds. The molecule has 13 nitrogen and oxygen atoms in total. The summed E-state index contributed by atoms with van der Waals surface area (Å²) in [5, 5.41) is 30.0. The van der Waals surface area contributed by atoms with E-state index in [1.807, 2.05) is 97.1 Å². The molecule has 1 aliphatic carbocycles. The van der Waals surface area contributed by atoms with E-state index in [-0.39, 0.29) is 5.41 Å². The monoisotopic (exact) mass is 1850 g/mol. The number of aromatic nitrogens is 9. The summed E-state index contributed by atoms with van der Waals surface area (Å²) in [6.45, 7) is 4.63. The maximum Gasteiger partial charge on any atom is 0.197 e. The lowest BCUT2D eigenvalue weighted by Gasteiger charge is -2.24. The molecule has 21 aromatic carbocycles. The number of furan rings is 4. The summed E-state index contributed by atoms with van der Waals surface area (Å²) in [5.41, 5.74) is 21.9. The standard InChI is InChI=1S/C45H29N3O.C42H23N3O2.C42H23N3OS/c1-45(2)35-19-9-7-16-30(35)42-41(45)44(47-43(46-42)32-18-11-21-39-40(32)31-17-8-10-20-38(31)49-39)48-36-24-28-14-5-3-12-26(28)22-33(36)34-23-27-13-4-6-15-29(27)25-37(34)48;1-3-12-26-22-33-31(20-24(26)10-1)32-21-25-11-2-4-13-27(25)23-34(32)45(33)42-40-39(29-15-6-8-18-36(29)47-40)43-41(44-42)30-16-9-19-37-38(30)28-14-5-7-17-35(28)46-37;1-2-12-26-23-33-31(22-25(26)11-1)37-27-13-4-3-10-24(27)20-21-32(37)45(33)42-40-39(29-15-6-8-19-36(29)47-40)43-41(44-42)30-16-9-18-35-38(30)28-14-5-7-17-34(28)46-35/h3-25H,1-2H3;2*1-23H. The van der Waals surface area contributed by atoms with Crippen LogP contribution in [0.3, 0.4) is 0 Å². The molecule has 0 saturated heterocycles. The Kier molecular flexibility index (Phi) is 16.7. The minimum Gasteiger partial charge on any atom is -0.456 e. The minimum absolute atomic E-state index is 0.329. The fourth-order valence-corrected chi connectivity index (χ4v) is 24.5. The van der Waals surface area contributed by atoms with E-state index in [1.165, 1.54) is 96.4 Å². The number of rotatable bonds is 6. The number of hydrogen-bond acceptors (Lipinski definition) is 11. The third-order valence-corrected chi connectivity index (χ3v) is 31.0. The Bertz CT molecular complexity index is 10800. The molecule has 0 saturated carbocycles. The van der Waals surface area contributed by atoms with Crippen LogP contribution in [-0.2, 0) is 5.41 Å². The Hall–Kier alpha value is -18.8. The van der Waals surface area contributed by atoms with E-state index in [0.717, 1.165) is 187 Å². The van der Waals surface area contributed by atoms with E-state index in [4.69, 9.17) is 47.6 Å². The van der Waals surface area contributed by atoms with Crippen molar-refractivity contribution < 1.29 is 17.7 Å². The van der Waals surface area contributed by atoms with Gasteiger partial charge in [0.15, 0.2) is 34.7 Å². The van der Waals surface area contributed by atoms with E-state index in [9.17, 15) is 0 Å². The van der Waals surface area contributed by atoms with Crippen molar-refractivity contribution in [3.63, 3.8) is 0 Å². The molecule has 11 heterocycles. The lowest BCUT2D eigenvalue weighted by Crippen LogP contribution is -2.19. The summed E-state index contributed by atoms with van der Waals surface area (Å²) in [7, 11) is 0. The average molecular weight is 1850 g/mol. The molecule has 32 aromatic rings. The second-order valence-corrected chi connectivity index (χ2v) is 39.2. The van der Waals surface area contributed by atoms with Crippen molar-refractivity contribution in [2.24, 2.45) is 0 Å². The first-order valence-electron chi connectivity index (χ1n) is 48.3. The van der Waals surface area contributed by atoms with Gasteiger partial charge in [-0.3, -0.25) is 13.7 Å². The summed E-state index contributed by atoms with van der Waals surface area (Å²) in [4.78, 5) is 32.6. The van der Waals surface area contributed by atoms with Gasteiger partial charge in [-0.05, 0) is 192 Å². The van der Waals surface area contributed by atoms with Crippen LogP contribution in [0.25, 0.3) is 301 Å². The van der Waals surface area contributed by atoms with Gasteiger partial charge in [0.2, 0.25) is 0 Å². The molecule has 0 spiro atoms. The molecule has 1 aliphatic rings. The van der Waals surface area contributed by atoms with Gasteiger partial charge in [-0.2, -0.15) is 0 Å². The SMILES string of the molecule is CC1(C)c2ccccc2-c2nc(-c3cccc4oc5ccccc5c34)nc(-n3c4cc5ccccc5cc4c4cc5ccccc5cc43)c21.c1ccc2cc3c(cc2c1)c1c2ccccc2ccc1n3-c1nc(-c2cccc3oc4ccccc4c23)nc2c1sc1ccccc12.c1ccc2cc3c(cc2c1)c1cc2ccccc2cc1n3-c1nc(-c2cccc3oc4ccccc4c23)nc2c1oc1ccccc12. The van der Waals surface area contributed by atoms with Gasteiger partial charge in [-0.25, -0.2) is 29.9 Å². The summed E-state index contributed by atoms with van der Waals surface area (Å²) >= 11 is 1.76. The maximum atomic E-state index is 6.65. The highest BCUT2D eigenvalue weighted by atomic mass is 32.1. The van der Waals surface area contributed by atoms with Crippen molar-refractivity contribution in [3.05, 3.63) is 430 Å². The first-order valence-corrected chi connectivity index (χ1v) is 49.1. The maximum absolute atomic E-state index is 6.65. The zero-order valence-electron chi connectivity index (χ0n) is 76.9. The van der Waals surface area contributed by atoms with Crippen molar-refractivity contribution in [1.82, 2.24) is 43.6 Å². The average Bonchev–Trinajstić information content (AvgIpc) is 1.61. The molecule has 0 aliphatic heterocycles. The highest BCUT2D eigenvalue weighted by Crippen LogP contribution is 2.54. The lowest BCUT2D eigenvalue weighted by molar-refractivity contribution is 0.650. The van der Waals surface area contributed by atoms with Crippen LogP contribution in [0.4, 0.5) is 0 Å². The van der Waals surface area contributed by atoms with Crippen LogP contribution in [0.15, 0.2) is 436 Å². The van der Waals surface area contributed by atoms with Gasteiger partial charge in [0.05, 0.1) is 49.0 Å². The van der Waals surface area contributed by atoms with Gasteiger partial charge < -0.3 is 17.7 Å². The van der Waals surface area contributed by atoms with Crippen molar-refractivity contribution in [2.75, 3.05) is 0 Å². The summed E-state index contributed by atoms with van der Waals surface area (Å²) < 4.78 is 34.9. The van der Waals surface area contributed by atoms with E-state index in [0.29, 0.717) is 28.9 Å². The molecule has 143 heavy (non-hydrogen) atoms. The molecule has 0 radical (unpaired) electrons. The van der Waals surface area contributed by atoms with Crippen molar-refractivity contribution in [1.29, 1.82) is 0 Å². The van der Waals surface area contributed by atoms with Gasteiger partial charge in [-0.1, -0.05) is 311 Å². The van der Waals surface area contributed by atoms with Gasteiger partial charge in [-0.15, -0.1) is 11.3 Å². The third-order valence-electron chi connectivity index (χ3n) is 29.9. The van der Waals surface area contributed by atoms with Crippen LogP contribution in [0.2, 0.25) is 0 Å². The molecule has 0 bridgehead atoms. The Balaban J connectivity index is 0.0000000981. The number of benzene rings is 21. The predicted octanol–water partition coefficient (Wildman–Crippen LogP) is 34.9. The molecular formula is C129H75N9O4S. The van der Waals surface area contributed by atoms with E-state index in [1.54, 1.807) is 11.3 Å². The molecule has 0 fully saturated rings. The summed E-state index contributed by atoms with van der Waals surface area (Å²) in [5.74, 6) is 4.50. The molecule has 666 valence electrons. The Labute approximate surface area is 816 Å². The molecule has 14 heteroatoms. The van der Waals surface area contributed by atoms with E-state index < -0.39 is 0 Å². The molecule has 0 N–H and O–H groups in total. The topological polar surface area (TPSA) is 145 Å². The van der Waals surface area contributed by atoms with Crippen LogP contribution in [0.5, 0.6) is 0 Å². The molecular weight excluding hydrogens is 1770 g/mol. The lowest BCUT2D eigenvalue weighted by atomic mass is 9.82. The van der Waals surface area contributed by atoms with Gasteiger partial charge in [0.1, 0.15) is 50.4 Å². The van der Waals surface area contributed by atoms with Crippen LogP contribution in [0, 0.1) is 0 Å². The molecule has 11 aromatic heterocycles. The summed E-state index contributed by atoms with van der Waals surface area (Å²) in [6, 6.07) is 148. The quantitative estimate of drug-likeness (QED) is 0.158. The predicted molar refractivity (Wildman–Crippen MR) is 590 cm³/mol. The number of thiophene rings is 1. The van der Waals surface area contributed by atoms with Crippen LogP contribution < -0.4 is 0 Å². The Morgan fingerprint density at radius 3 is 1.04 bits per heavy atom. The molecule has 0 unspecified atom stereocenters. The molecule has 33 rings (SSSR count). The van der Waals surface area contributed by atoms with E-state index >= 15 is 0 Å². The number of para-hydroxylation sites is 4. The first kappa shape index (κ1) is 79.3. The number of fused-ring (bicyclic) bond motifs is 34. The highest BCUT2D eigenvalue weighted by molar-refractivity contribution is 7.26. The van der Waals surface area contributed by atoms with Crippen LogP contribution >= 0.6 is 11.3 Å². The van der Waals surface area contributed by atoms with Gasteiger partial charge in [0.25, 0.3) is 0 Å².